The van der Waals surface area contributed by atoms with Gasteiger partial charge in [0.05, 0.1) is 16.3 Å². The predicted molar refractivity (Wildman–Crippen MR) is 155 cm³/mol. The van der Waals surface area contributed by atoms with Crippen LogP contribution in [0.5, 0.6) is 0 Å². The number of nitrogens with two attached hydrogens (primary N) is 1. The fourth-order valence-electron chi connectivity index (χ4n) is 5.80. The SMILES string of the molecule is Nc1c(Cl)cc(C[C@@H](OC(=O)N2CCC(N3CCc4ccccc4NC3=O)CC2)C(=O)N2CCNCC2)cc1C(F)(F)F. The maximum Gasteiger partial charge on any atom is 0.418 e. The largest absolute Gasteiger partial charge is 0.436 e. The van der Waals surface area contributed by atoms with Crippen LogP contribution in [0.1, 0.15) is 29.5 Å². The van der Waals surface area contributed by atoms with E-state index in [1.807, 2.05) is 24.3 Å². The predicted octanol–water partition coefficient (Wildman–Crippen LogP) is 3.98. The number of nitrogens with one attached hydrogen (secondary N) is 2. The molecule has 4 amide bonds. The number of anilines is 2. The third kappa shape index (κ3) is 7.10. The van der Waals surface area contributed by atoms with Gasteiger partial charge in [0.25, 0.3) is 5.91 Å². The number of carbonyl (C=O) groups excluding carboxylic acids is 3. The summed E-state index contributed by atoms with van der Waals surface area (Å²) in [6.45, 7) is 2.96. The summed E-state index contributed by atoms with van der Waals surface area (Å²) in [5, 5.41) is 5.80. The van der Waals surface area contributed by atoms with Crippen LogP contribution >= 0.6 is 11.6 Å². The Kier molecular flexibility index (Phi) is 9.21. The van der Waals surface area contributed by atoms with Crippen LogP contribution < -0.4 is 16.4 Å². The van der Waals surface area contributed by atoms with Crippen LogP contribution in [0.2, 0.25) is 5.02 Å². The van der Waals surface area contributed by atoms with E-state index in [4.69, 9.17) is 22.1 Å². The van der Waals surface area contributed by atoms with E-state index in [-0.39, 0.29) is 29.1 Å². The second-order valence-electron chi connectivity index (χ2n) is 10.9. The van der Waals surface area contributed by atoms with Crippen molar-refractivity contribution < 1.29 is 32.3 Å². The van der Waals surface area contributed by atoms with Gasteiger partial charge in [-0.1, -0.05) is 29.8 Å². The highest BCUT2D eigenvalue weighted by molar-refractivity contribution is 6.33. The Morgan fingerprint density at radius 1 is 1.05 bits per heavy atom. The van der Waals surface area contributed by atoms with Gasteiger partial charge in [-0.05, 0) is 48.6 Å². The fourth-order valence-corrected chi connectivity index (χ4v) is 6.05. The van der Waals surface area contributed by atoms with Crippen molar-refractivity contribution in [3.05, 3.63) is 58.1 Å². The minimum atomic E-state index is -4.75. The summed E-state index contributed by atoms with van der Waals surface area (Å²) in [5.41, 5.74) is 5.77. The minimum Gasteiger partial charge on any atom is -0.436 e. The zero-order chi connectivity index (χ0) is 30.7. The van der Waals surface area contributed by atoms with Gasteiger partial charge in [0.2, 0.25) is 0 Å². The van der Waals surface area contributed by atoms with Gasteiger partial charge in [0, 0.05) is 64.0 Å². The molecule has 5 rings (SSSR count). The number of alkyl halides is 3. The Hall–Kier alpha value is -3.71. The van der Waals surface area contributed by atoms with Gasteiger partial charge >= 0.3 is 18.3 Å². The molecule has 3 heterocycles. The molecule has 0 bridgehead atoms. The molecule has 0 radical (unpaired) electrons. The number of nitrogen functional groups attached to an aromatic ring is 1. The molecule has 2 fully saturated rings. The Balaban J connectivity index is 1.26. The average molecular weight is 623 g/mol. The lowest BCUT2D eigenvalue weighted by Crippen LogP contribution is -2.53. The highest BCUT2D eigenvalue weighted by Gasteiger charge is 2.37. The average Bonchev–Trinajstić information content (AvgIpc) is 3.16. The number of fused-ring (bicyclic) bond motifs is 1. The van der Waals surface area contributed by atoms with Gasteiger partial charge < -0.3 is 35.8 Å². The number of piperidine rings is 1. The van der Waals surface area contributed by atoms with E-state index in [1.165, 1.54) is 15.9 Å². The Bertz CT molecular complexity index is 1360. The molecule has 0 saturated carbocycles. The zero-order valence-electron chi connectivity index (χ0n) is 23.5. The first-order chi connectivity index (χ1) is 20.5. The van der Waals surface area contributed by atoms with Gasteiger partial charge in [-0.15, -0.1) is 0 Å². The van der Waals surface area contributed by atoms with Crippen molar-refractivity contribution in [2.75, 3.05) is 56.9 Å². The lowest BCUT2D eigenvalue weighted by atomic mass is 10.0. The van der Waals surface area contributed by atoms with Crippen LogP contribution in [0.15, 0.2) is 36.4 Å². The zero-order valence-corrected chi connectivity index (χ0v) is 24.2. The number of ether oxygens (including phenoxy) is 1. The first kappa shape index (κ1) is 30.7. The molecule has 4 N–H and O–H groups in total. The Morgan fingerprint density at radius 2 is 1.74 bits per heavy atom. The summed E-state index contributed by atoms with van der Waals surface area (Å²) in [4.78, 5) is 44.5. The van der Waals surface area contributed by atoms with E-state index in [2.05, 4.69) is 10.6 Å². The number of rotatable bonds is 5. The van der Waals surface area contributed by atoms with Crippen LogP contribution in [0, 0.1) is 0 Å². The van der Waals surface area contributed by atoms with Gasteiger partial charge in [-0.2, -0.15) is 13.2 Å². The fraction of sp³-hybridized carbons (Fsp3) is 0.483. The van der Waals surface area contributed by atoms with E-state index < -0.39 is 35.5 Å². The summed E-state index contributed by atoms with van der Waals surface area (Å²) in [7, 11) is 0. The third-order valence-electron chi connectivity index (χ3n) is 8.17. The van der Waals surface area contributed by atoms with Crippen molar-refractivity contribution in [1.29, 1.82) is 0 Å². The molecule has 43 heavy (non-hydrogen) atoms. The first-order valence-corrected chi connectivity index (χ1v) is 14.6. The van der Waals surface area contributed by atoms with Crippen molar-refractivity contribution in [1.82, 2.24) is 20.0 Å². The summed E-state index contributed by atoms with van der Waals surface area (Å²) in [5.74, 6) is -0.493. The number of halogens is 4. The number of benzene rings is 2. The van der Waals surface area contributed by atoms with Crippen LogP contribution in [-0.2, 0) is 28.5 Å². The monoisotopic (exact) mass is 622 g/mol. The highest BCUT2D eigenvalue weighted by atomic mass is 35.5. The molecule has 0 aliphatic carbocycles. The summed E-state index contributed by atoms with van der Waals surface area (Å²) in [6.07, 6.45) is -5.43. The molecule has 3 aliphatic rings. The third-order valence-corrected chi connectivity index (χ3v) is 8.48. The molecule has 2 aromatic rings. The van der Waals surface area contributed by atoms with Gasteiger partial charge in [-0.3, -0.25) is 4.79 Å². The van der Waals surface area contributed by atoms with Gasteiger partial charge in [0.15, 0.2) is 6.10 Å². The van der Waals surface area contributed by atoms with Crippen LogP contribution in [0.25, 0.3) is 0 Å². The topological polar surface area (TPSA) is 120 Å². The number of para-hydroxylation sites is 1. The van der Waals surface area contributed by atoms with E-state index >= 15 is 0 Å². The van der Waals surface area contributed by atoms with E-state index in [0.29, 0.717) is 65.1 Å². The number of carbonyl (C=O) groups is 3. The molecule has 0 spiro atoms. The van der Waals surface area contributed by atoms with E-state index in [9.17, 15) is 27.6 Å². The van der Waals surface area contributed by atoms with Crippen molar-refractivity contribution in [2.45, 2.75) is 44.0 Å². The molecule has 3 aliphatic heterocycles. The maximum absolute atomic E-state index is 13.6. The Labute approximate surface area is 252 Å². The van der Waals surface area contributed by atoms with Crippen LogP contribution in [-0.4, -0.2) is 90.7 Å². The van der Waals surface area contributed by atoms with Crippen LogP contribution in [0.4, 0.5) is 34.1 Å². The number of hydrogen-bond acceptors (Lipinski definition) is 6. The normalized spacial score (nSPS) is 18.9. The second kappa shape index (κ2) is 12.9. The lowest BCUT2D eigenvalue weighted by molar-refractivity contribution is -0.141. The molecule has 14 heteroatoms. The highest BCUT2D eigenvalue weighted by Crippen LogP contribution is 2.38. The first-order valence-electron chi connectivity index (χ1n) is 14.3. The number of hydrogen-bond donors (Lipinski definition) is 3. The molecule has 1 atom stereocenters. The quantitative estimate of drug-likeness (QED) is 0.434. The smallest absolute Gasteiger partial charge is 0.418 e. The van der Waals surface area contributed by atoms with Crippen molar-refractivity contribution >= 4 is 41.0 Å². The molecule has 232 valence electrons. The van der Waals surface area contributed by atoms with Crippen molar-refractivity contribution in [3.8, 4) is 0 Å². The molecule has 2 aromatic carbocycles. The van der Waals surface area contributed by atoms with Crippen molar-refractivity contribution in [3.63, 3.8) is 0 Å². The van der Waals surface area contributed by atoms with Crippen LogP contribution in [0.3, 0.4) is 0 Å². The summed E-state index contributed by atoms with van der Waals surface area (Å²) < 4.78 is 46.5. The number of piperazine rings is 1. The number of amides is 4. The summed E-state index contributed by atoms with van der Waals surface area (Å²) >= 11 is 6.01. The van der Waals surface area contributed by atoms with Gasteiger partial charge in [-0.25, -0.2) is 9.59 Å². The summed E-state index contributed by atoms with van der Waals surface area (Å²) in [6, 6.07) is 9.48. The number of likely N-dealkylation sites (tertiary alicyclic amines) is 1. The molecule has 2 saturated heterocycles. The number of nitrogens with zero attached hydrogens (tertiary/aromatic N) is 3. The molecule has 0 aromatic heterocycles. The molecular weight excluding hydrogens is 589 g/mol. The van der Waals surface area contributed by atoms with Crippen molar-refractivity contribution in [2.24, 2.45) is 0 Å². The molecule has 10 nitrogen and oxygen atoms in total. The maximum atomic E-state index is 13.6. The molecular formula is C29H34ClF3N6O4. The standard InChI is InChI=1S/C29H34ClF3N6O4/c30-22-16-18(15-21(25(22)34)29(31,32)33)17-24(26(40)37-13-8-35-9-14-37)43-28(42)38-10-6-20(7-11-38)39-12-5-19-3-1-2-4-23(19)36-27(39)41/h1-4,15-16,20,24,35H,5-14,17,34H2,(H,36,41)/t24-/m1/s1. The lowest BCUT2D eigenvalue weighted by Gasteiger charge is -2.38. The number of urea groups is 1. The van der Waals surface area contributed by atoms with Gasteiger partial charge in [0.1, 0.15) is 0 Å². The second-order valence-corrected chi connectivity index (χ2v) is 11.3. The minimum absolute atomic E-state index is 0.0692. The van der Waals surface area contributed by atoms with E-state index in [1.54, 1.807) is 4.90 Å². The molecule has 0 unspecified atom stereocenters. The van der Waals surface area contributed by atoms with E-state index in [0.717, 1.165) is 17.3 Å². The Morgan fingerprint density at radius 3 is 2.44 bits per heavy atom.